The van der Waals surface area contributed by atoms with Gasteiger partial charge in [0.2, 0.25) is 15.9 Å². The van der Waals surface area contributed by atoms with E-state index in [-0.39, 0.29) is 22.9 Å². The lowest BCUT2D eigenvalue weighted by atomic mass is 10.1. The minimum absolute atomic E-state index is 0.00862. The number of primary sulfonamides is 1. The number of piperazine rings is 1. The van der Waals surface area contributed by atoms with Crippen molar-refractivity contribution in [2.24, 2.45) is 5.14 Å². The van der Waals surface area contributed by atoms with Crippen LogP contribution in [0.3, 0.4) is 0 Å². The van der Waals surface area contributed by atoms with Crippen LogP contribution in [0.1, 0.15) is 20.3 Å². The number of sulfonamides is 1. The predicted octanol–water partition coefficient (Wildman–Crippen LogP) is 0.465. The van der Waals surface area contributed by atoms with Crippen LogP contribution in [0.15, 0.2) is 29.2 Å². The van der Waals surface area contributed by atoms with E-state index in [9.17, 15) is 13.2 Å². The molecule has 0 aromatic heterocycles. The van der Waals surface area contributed by atoms with Gasteiger partial charge in [-0.05, 0) is 44.5 Å². The van der Waals surface area contributed by atoms with Crippen molar-refractivity contribution < 1.29 is 13.2 Å². The first kappa shape index (κ1) is 18.2. The Labute approximate surface area is 149 Å². The largest absolute Gasteiger partial charge is 0.369 e. The maximum atomic E-state index is 12.5. The maximum absolute atomic E-state index is 12.5. The Kier molecular flexibility index (Phi) is 5.04. The van der Waals surface area contributed by atoms with Crippen molar-refractivity contribution in [3.63, 3.8) is 0 Å². The lowest BCUT2D eigenvalue weighted by Gasteiger charge is -2.38. The molecule has 0 bridgehead atoms. The summed E-state index contributed by atoms with van der Waals surface area (Å²) in [5.41, 5.74) is 0.980. The van der Waals surface area contributed by atoms with Crippen LogP contribution in [0, 0.1) is 0 Å². The van der Waals surface area contributed by atoms with E-state index < -0.39 is 10.0 Å². The van der Waals surface area contributed by atoms with Gasteiger partial charge in [-0.2, -0.15) is 0 Å². The molecule has 0 spiro atoms. The van der Waals surface area contributed by atoms with Gasteiger partial charge in [0, 0.05) is 44.5 Å². The molecule has 0 aliphatic carbocycles. The molecule has 138 valence electrons. The van der Waals surface area contributed by atoms with Gasteiger partial charge in [-0.3, -0.25) is 9.69 Å². The maximum Gasteiger partial charge on any atom is 0.240 e. The van der Waals surface area contributed by atoms with Crippen LogP contribution in [-0.2, 0) is 14.8 Å². The molecule has 2 aliphatic rings. The highest BCUT2D eigenvalue weighted by Gasteiger charge is 2.37. The predicted molar refractivity (Wildman–Crippen MR) is 96.9 cm³/mol. The van der Waals surface area contributed by atoms with Crippen molar-refractivity contribution >= 4 is 21.6 Å². The van der Waals surface area contributed by atoms with Crippen LogP contribution < -0.4 is 10.0 Å². The van der Waals surface area contributed by atoms with E-state index >= 15 is 0 Å². The number of carbonyl (C=O) groups excluding carboxylic acids is 1. The van der Waals surface area contributed by atoms with Crippen LogP contribution in [-0.4, -0.2) is 68.9 Å². The standard InChI is InChI=1S/C17H26N4O3S/c1-13(2)21-8-7-16(17(21)22)20-11-9-19(10-12-20)14-3-5-15(6-4-14)25(18,23)24/h3-6,13,16H,7-12H2,1-2H3,(H2,18,23,24). The number of likely N-dealkylation sites (tertiary alicyclic amines) is 1. The minimum atomic E-state index is -3.66. The van der Waals surface area contributed by atoms with Crippen molar-refractivity contribution in [1.29, 1.82) is 0 Å². The van der Waals surface area contributed by atoms with E-state index in [4.69, 9.17) is 5.14 Å². The Morgan fingerprint density at radius 2 is 1.64 bits per heavy atom. The number of carbonyl (C=O) groups is 1. The normalized spacial score (nSPS) is 22.9. The molecule has 2 aliphatic heterocycles. The number of nitrogens with zero attached hydrogens (tertiary/aromatic N) is 3. The van der Waals surface area contributed by atoms with E-state index in [1.807, 2.05) is 4.90 Å². The second-order valence-electron chi connectivity index (χ2n) is 6.99. The van der Waals surface area contributed by atoms with Crippen LogP contribution in [0.5, 0.6) is 0 Å². The molecular formula is C17H26N4O3S. The summed E-state index contributed by atoms with van der Waals surface area (Å²) in [6, 6.07) is 6.93. The molecule has 25 heavy (non-hydrogen) atoms. The molecule has 8 heteroatoms. The van der Waals surface area contributed by atoms with Crippen molar-refractivity contribution in [3.05, 3.63) is 24.3 Å². The zero-order valence-corrected chi connectivity index (χ0v) is 15.6. The van der Waals surface area contributed by atoms with Gasteiger partial charge >= 0.3 is 0 Å². The number of hydrogen-bond acceptors (Lipinski definition) is 5. The van der Waals surface area contributed by atoms with Crippen molar-refractivity contribution in [2.75, 3.05) is 37.6 Å². The Bertz CT molecular complexity index is 725. The molecule has 1 aromatic carbocycles. The fraction of sp³-hybridized carbons (Fsp3) is 0.588. The Hall–Kier alpha value is -1.64. The summed E-state index contributed by atoms with van der Waals surface area (Å²) < 4.78 is 22.7. The van der Waals surface area contributed by atoms with Gasteiger partial charge in [0.25, 0.3) is 0 Å². The lowest BCUT2D eigenvalue weighted by Crippen LogP contribution is -2.53. The molecule has 0 saturated carbocycles. The van der Waals surface area contributed by atoms with Crippen LogP contribution in [0.4, 0.5) is 5.69 Å². The third kappa shape index (κ3) is 3.80. The molecule has 1 unspecified atom stereocenters. The highest BCUT2D eigenvalue weighted by Crippen LogP contribution is 2.23. The Balaban J connectivity index is 1.60. The number of nitrogens with two attached hydrogens (primary N) is 1. The van der Waals surface area contributed by atoms with Crippen molar-refractivity contribution in [1.82, 2.24) is 9.80 Å². The Morgan fingerprint density at radius 3 is 2.12 bits per heavy atom. The van der Waals surface area contributed by atoms with Crippen LogP contribution >= 0.6 is 0 Å². The summed E-state index contributed by atoms with van der Waals surface area (Å²) in [5, 5.41) is 5.13. The minimum Gasteiger partial charge on any atom is -0.369 e. The fourth-order valence-corrected chi connectivity index (χ4v) is 4.19. The van der Waals surface area contributed by atoms with E-state index in [0.717, 1.165) is 44.8 Å². The number of rotatable bonds is 4. The molecule has 1 aromatic rings. The van der Waals surface area contributed by atoms with E-state index in [1.165, 1.54) is 12.1 Å². The molecule has 2 fully saturated rings. The molecule has 1 atom stereocenters. The quantitative estimate of drug-likeness (QED) is 0.837. The van der Waals surface area contributed by atoms with Gasteiger partial charge in [-0.25, -0.2) is 13.6 Å². The van der Waals surface area contributed by atoms with E-state index in [2.05, 4.69) is 23.6 Å². The third-order valence-electron chi connectivity index (χ3n) is 5.12. The molecule has 2 saturated heterocycles. The molecule has 2 heterocycles. The topological polar surface area (TPSA) is 86.9 Å². The summed E-state index contributed by atoms with van der Waals surface area (Å²) >= 11 is 0. The van der Waals surface area contributed by atoms with Gasteiger partial charge in [-0.1, -0.05) is 0 Å². The van der Waals surface area contributed by atoms with Gasteiger partial charge in [0.05, 0.1) is 10.9 Å². The number of amides is 1. The number of anilines is 1. The monoisotopic (exact) mass is 366 g/mol. The molecule has 2 N–H and O–H groups in total. The Morgan fingerprint density at radius 1 is 1.04 bits per heavy atom. The first-order valence-electron chi connectivity index (χ1n) is 8.70. The summed E-state index contributed by atoms with van der Waals surface area (Å²) in [4.78, 5) is 19.1. The van der Waals surface area contributed by atoms with Crippen molar-refractivity contribution in [2.45, 2.75) is 37.2 Å². The average molecular weight is 366 g/mol. The first-order valence-corrected chi connectivity index (χ1v) is 10.2. The van der Waals surface area contributed by atoms with Crippen LogP contribution in [0.25, 0.3) is 0 Å². The van der Waals surface area contributed by atoms with Gasteiger partial charge in [0.15, 0.2) is 0 Å². The zero-order chi connectivity index (χ0) is 18.2. The van der Waals surface area contributed by atoms with Gasteiger partial charge < -0.3 is 9.80 Å². The fourth-order valence-electron chi connectivity index (χ4n) is 3.68. The molecular weight excluding hydrogens is 340 g/mol. The summed E-state index contributed by atoms with van der Waals surface area (Å²) in [5.74, 6) is 0.251. The van der Waals surface area contributed by atoms with Gasteiger partial charge in [0.1, 0.15) is 0 Å². The van der Waals surface area contributed by atoms with Crippen LogP contribution in [0.2, 0.25) is 0 Å². The third-order valence-corrected chi connectivity index (χ3v) is 6.05. The van der Waals surface area contributed by atoms with E-state index in [0.29, 0.717) is 0 Å². The first-order chi connectivity index (χ1) is 11.8. The van der Waals surface area contributed by atoms with Crippen molar-refractivity contribution in [3.8, 4) is 0 Å². The summed E-state index contributed by atoms with van der Waals surface area (Å²) in [6.07, 6.45) is 0.903. The molecule has 3 rings (SSSR count). The molecule has 1 amide bonds. The smallest absolute Gasteiger partial charge is 0.240 e. The molecule has 7 nitrogen and oxygen atoms in total. The molecule has 0 radical (unpaired) electrons. The number of benzene rings is 1. The number of hydrogen-bond donors (Lipinski definition) is 1. The summed E-state index contributed by atoms with van der Waals surface area (Å²) in [6.45, 7) is 8.27. The summed E-state index contributed by atoms with van der Waals surface area (Å²) in [7, 11) is -3.66. The second-order valence-corrected chi connectivity index (χ2v) is 8.55. The highest BCUT2D eigenvalue weighted by molar-refractivity contribution is 7.89. The van der Waals surface area contributed by atoms with Gasteiger partial charge in [-0.15, -0.1) is 0 Å². The average Bonchev–Trinajstić information content (AvgIpc) is 2.96. The second kappa shape index (κ2) is 6.93. The zero-order valence-electron chi connectivity index (χ0n) is 14.8. The lowest BCUT2D eigenvalue weighted by molar-refractivity contribution is -0.133. The SMILES string of the molecule is CC(C)N1CCC(N2CCN(c3ccc(S(N)(=O)=O)cc3)CC2)C1=O. The van der Waals surface area contributed by atoms with E-state index in [1.54, 1.807) is 12.1 Å². The highest BCUT2D eigenvalue weighted by atomic mass is 32.2.